The third kappa shape index (κ3) is 45.7. The van der Waals surface area contributed by atoms with Gasteiger partial charge < -0.3 is 20.3 Å². The molecule has 0 aromatic heterocycles. The Morgan fingerprint density at radius 1 is 0.476 bits per heavy atom. The van der Waals surface area contributed by atoms with Crippen molar-refractivity contribution in [2.24, 2.45) is 0 Å². The van der Waals surface area contributed by atoms with Gasteiger partial charge in [0.1, 0.15) is 6.10 Å². The predicted molar refractivity (Wildman–Crippen MR) is 273 cm³/mol. The summed E-state index contributed by atoms with van der Waals surface area (Å²) in [6.07, 6.45) is 63.9. The summed E-state index contributed by atoms with van der Waals surface area (Å²) in [5, 5.41) is 23.7. The molecular weight excluding hydrogens is 779 g/mol. The molecule has 0 heterocycles. The number of amides is 1. The molecule has 0 saturated carbocycles. The summed E-state index contributed by atoms with van der Waals surface area (Å²) in [5.74, 6) is -0.560. The molecule has 1 amide bonds. The molecule has 0 aliphatic rings. The molecule has 0 radical (unpaired) electrons. The smallest absolute Gasteiger partial charge is 0.306 e. The van der Waals surface area contributed by atoms with E-state index in [9.17, 15) is 19.8 Å². The molecule has 0 aliphatic heterocycles. The average molecular weight is 880 g/mol. The van der Waals surface area contributed by atoms with Crippen molar-refractivity contribution in [2.75, 3.05) is 6.61 Å². The van der Waals surface area contributed by atoms with E-state index >= 15 is 0 Å². The fraction of sp³-hybridized carbons (Fsp3) is 0.754. The van der Waals surface area contributed by atoms with Crippen LogP contribution in [0.4, 0.5) is 0 Å². The van der Waals surface area contributed by atoms with Crippen molar-refractivity contribution in [3.63, 3.8) is 0 Å². The second-order valence-electron chi connectivity index (χ2n) is 17.9. The van der Waals surface area contributed by atoms with Gasteiger partial charge in [-0.25, -0.2) is 0 Å². The van der Waals surface area contributed by atoms with E-state index in [1.807, 2.05) is 0 Å². The standard InChI is InChI=1S/C57H101NO5/c1-4-7-10-13-16-19-22-24-26-28-29-31-34-36-39-42-45-48-53(63-57(62)50-47-44-41-38-35-32-30-27-25-23-20-17-14-11-8-5-2)51-56(61)58-54(52-59)55(60)49-46-43-40-37-33-21-18-15-12-9-6-3/h16,19,24,26-27,29-32,35-36,39,53-55,59-60H,4-15,17-18,20-23,25,28,33-34,37-38,40-52H2,1-3H3,(H,58,61)/b19-16-,26-24-,30-27+,31-29-,35-32+,39-36-. The van der Waals surface area contributed by atoms with E-state index in [2.05, 4.69) is 99.0 Å². The Balaban J connectivity index is 4.74. The van der Waals surface area contributed by atoms with Crippen molar-refractivity contribution in [1.29, 1.82) is 0 Å². The third-order valence-corrected chi connectivity index (χ3v) is 11.8. The van der Waals surface area contributed by atoms with Gasteiger partial charge in [-0.2, -0.15) is 0 Å². The monoisotopic (exact) mass is 880 g/mol. The molecular formula is C57H101NO5. The van der Waals surface area contributed by atoms with Crippen molar-refractivity contribution in [2.45, 2.75) is 270 Å². The van der Waals surface area contributed by atoms with Crippen molar-refractivity contribution >= 4 is 11.9 Å². The van der Waals surface area contributed by atoms with Crippen LogP contribution in [0.25, 0.3) is 0 Å². The van der Waals surface area contributed by atoms with Gasteiger partial charge in [0.2, 0.25) is 5.91 Å². The van der Waals surface area contributed by atoms with E-state index in [-0.39, 0.29) is 24.9 Å². The Labute approximate surface area is 390 Å². The summed E-state index contributed by atoms with van der Waals surface area (Å²) < 4.78 is 5.90. The number of aliphatic hydroxyl groups is 2. The summed E-state index contributed by atoms with van der Waals surface area (Å²) >= 11 is 0. The number of allylic oxidation sites excluding steroid dienone is 12. The Hall–Kier alpha value is -2.70. The molecule has 63 heavy (non-hydrogen) atoms. The summed E-state index contributed by atoms with van der Waals surface area (Å²) in [7, 11) is 0. The van der Waals surface area contributed by atoms with Crippen molar-refractivity contribution < 1.29 is 24.5 Å². The number of rotatable bonds is 47. The van der Waals surface area contributed by atoms with Crippen LogP contribution in [0.1, 0.15) is 252 Å². The lowest BCUT2D eigenvalue weighted by Gasteiger charge is -2.24. The van der Waals surface area contributed by atoms with Gasteiger partial charge in [0.05, 0.1) is 25.2 Å². The first-order valence-electron chi connectivity index (χ1n) is 26.7. The van der Waals surface area contributed by atoms with Gasteiger partial charge in [0.25, 0.3) is 0 Å². The zero-order valence-electron chi connectivity index (χ0n) is 41.4. The van der Waals surface area contributed by atoms with Gasteiger partial charge in [-0.05, 0) is 89.9 Å². The van der Waals surface area contributed by atoms with Crippen LogP contribution in [0, 0.1) is 0 Å². The number of carbonyl (C=O) groups excluding carboxylic acids is 2. The summed E-state index contributed by atoms with van der Waals surface area (Å²) in [5.41, 5.74) is 0. The molecule has 0 rings (SSSR count). The maximum atomic E-state index is 13.2. The van der Waals surface area contributed by atoms with Crippen LogP contribution in [-0.2, 0) is 14.3 Å². The normalized spacial score (nSPS) is 13.8. The maximum absolute atomic E-state index is 13.2. The lowest BCUT2D eigenvalue weighted by atomic mass is 10.0. The highest BCUT2D eigenvalue weighted by atomic mass is 16.5. The first-order chi connectivity index (χ1) is 31.0. The number of unbranched alkanes of at least 4 members (excludes halogenated alkanes) is 24. The quantitative estimate of drug-likeness (QED) is 0.0245. The van der Waals surface area contributed by atoms with E-state index < -0.39 is 18.2 Å². The number of nitrogens with one attached hydrogen (secondary N) is 1. The maximum Gasteiger partial charge on any atom is 0.306 e. The number of hydrogen-bond acceptors (Lipinski definition) is 5. The molecule has 0 bridgehead atoms. The first-order valence-corrected chi connectivity index (χ1v) is 26.7. The van der Waals surface area contributed by atoms with E-state index in [1.165, 1.54) is 122 Å². The molecule has 0 aromatic carbocycles. The minimum absolute atomic E-state index is 0.0271. The second kappa shape index (κ2) is 50.3. The molecule has 0 aliphatic carbocycles. The molecule has 6 nitrogen and oxygen atoms in total. The minimum Gasteiger partial charge on any atom is -0.462 e. The van der Waals surface area contributed by atoms with Gasteiger partial charge in [-0.3, -0.25) is 9.59 Å². The van der Waals surface area contributed by atoms with Crippen LogP contribution >= 0.6 is 0 Å². The Morgan fingerprint density at radius 3 is 1.38 bits per heavy atom. The van der Waals surface area contributed by atoms with Crippen LogP contribution in [-0.4, -0.2) is 46.9 Å². The topological polar surface area (TPSA) is 95.9 Å². The number of aliphatic hydroxyl groups excluding tert-OH is 2. The molecule has 364 valence electrons. The second-order valence-corrected chi connectivity index (χ2v) is 17.9. The highest BCUT2D eigenvalue weighted by molar-refractivity contribution is 5.77. The largest absolute Gasteiger partial charge is 0.462 e. The molecule has 0 saturated heterocycles. The van der Waals surface area contributed by atoms with Crippen LogP contribution in [0.2, 0.25) is 0 Å². The first kappa shape index (κ1) is 60.3. The zero-order valence-corrected chi connectivity index (χ0v) is 41.4. The number of esters is 1. The average Bonchev–Trinajstić information content (AvgIpc) is 3.28. The highest BCUT2D eigenvalue weighted by Gasteiger charge is 2.24. The van der Waals surface area contributed by atoms with Crippen LogP contribution in [0.15, 0.2) is 72.9 Å². The number of ether oxygens (including phenoxy) is 1. The molecule has 3 atom stereocenters. The van der Waals surface area contributed by atoms with Gasteiger partial charge in [-0.1, -0.05) is 222 Å². The van der Waals surface area contributed by atoms with Gasteiger partial charge in [0.15, 0.2) is 0 Å². The lowest BCUT2D eigenvalue weighted by molar-refractivity contribution is -0.151. The van der Waals surface area contributed by atoms with Crippen LogP contribution < -0.4 is 5.32 Å². The van der Waals surface area contributed by atoms with Gasteiger partial charge >= 0.3 is 5.97 Å². The molecule has 3 N–H and O–H groups in total. The third-order valence-electron chi connectivity index (χ3n) is 11.8. The van der Waals surface area contributed by atoms with Crippen LogP contribution in [0.5, 0.6) is 0 Å². The lowest BCUT2D eigenvalue weighted by Crippen LogP contribution is -2.46. The van der Waals surface area contributed by atoms with Crippen molar-refractivity contribution in [1.82, 2.24) is 5.32 Å². The van der Waals surface area contributed by atoms with Crippen molar-refractivity contribution in [3.05, 3.63) is 72.9 Å². The van der Waals surface area contributed by atoms with Crippen molar-refractivity contribution in [3.8, 4) is 0 Å². The summed E-state index contributed by atoms with van der Waals surface area (Å²) in [6, 6.07) is -0.727. The van der Waals surface area contributed by atoms with E-state index in [0.717, 1.165) is 83.5 Å². The SMILES string of the molecule is CCCCC/C=C\C/C=C\C/C=C\C/C=C\CCCC(CC(=O)NC(CO)C(O)CCCCCCCCCCCCC)OC(=O)CCCCC/C=C/C=C/CCCCCCCCC. The fourth-order valence-electron chi connectivity index (χ4n) is 7.70. The number of carbonyl (C=O) groups is 2. The fourth-order valence-corrected chi connectivity index (χ4v) is 7.70. The zero-order chi connectivity index (χ0) is 45.9. The van der Waals surface area contributed by atoms with Crippen LogP contribution in [0.3, 0.4) is 0 Å². The predicted octanol–water partition coefficient (Wildman–Crippen LogP) is 16.2. The highest BCUT2D eigenvalue weighted by Crippen LogP contribution is 2.16. The molecule has 6 heteroatoms. The summed E-state index contributed by atoms with van der Waals surface area (Å²) in [4.78, 5) is 26.2. The Kier molecular flexibility index (Phi) is 48.1. The molecule has 0 aromatic rings. The number of hydrogen-bond donors (Lipinski definition) is 3. The molecule has 0 fully saturated rings. The molecule has 3 unspecified atom stereocenters. The molecule has 0 spiro atoms. The van der Waals surface area contributed by atoms with Gasteiger partial charge in [-0.15, -0.1) is 0 Å². The minimum atomic E-state index is -0.809. The van der Waals surface area contributed by atoms with E-state index in [0.29, 0.717) is 19.3 Å². The Bertz CT molecular complexity index is 1170. The van der Waals surface area contributed by atoms with E-state index in [1.54, 1.807) is 0 Å². The Morgan fingerprint density at radius 2 is 0.873 bits per heavy atom. The van der Waals surface area contributed by atoms with Gasteiger partial charge in [0, 0.05) is 6.42 Å². The summed E-state index contributed by atoms with van der Waals surface area (Å²) in [6.45, 7) is 6.42. The van der Waals surface area contributed by atoms with E-state index in [4.69, 9.17) is 4.74 Å².